The lowest BCUT2D eigenvalue weighted by Gasteiger charge is -2.18. The minimum Gasteiger partial charge on any atom is -0.346 e. The van der Waals surface area contributed by atoms with Crippen LogP contribution in [-0.2, 0) is 4.79 Å². The summed E-state index contributed by atoms with van der Waals surface area (Å²) in [5, 5.41) is 17.1. The molecule has 1 atom stereocenters. The average molecular weight is 420 g/mol. The summed E-state index contributed by atoms with van der Waals surface area (Å²) < 4.78 is 1.83. The fourth-order valence-corrected chi connectivity index (χ4v) is 4.30. The Morgan fingerprint density at radius 2 is 1.94 bits per heavy atom. The van der Waals surface area contributed by atoms with Gasteiger partial charge in [-0.2, -0.15) is 10.4 Å². The zero-order valence-electron chi connectivity index (χ0n) is 18.4. The van der Waals surface area contributed by atoms with Gasteiger partial charge in [0, 0.05) is 42.7 Å². The van der Waals surface area contributed by atoms with Crippen LogP contribution >= 0.6 is 0 Å². The number of likely N-dealkylation sites (tertiary alicyclic amines) is 1. The highest BCUT2D eigenvalue weighted by atomic mass is 16.2. The van der Waals surface area contributed by atoms with E-state index in [0.717, 1.165) is 36.1 Å². The van der Waals surface area contributed by atoms with Crippen LogP contribution in [0.5, 0.6) is 0 Å². The van der Waals surface area contributed by atoms with E-state index in [9.17, 15) is 9.59 Å². The molecule has 2 aliphatic rings. The van der Waals surface area contributed by atoms with Crippen LogP contribution < -0.4 is 5.32 Å². The van der Waals surface area contributed by atoms with Crippen LogP contribution in [-0.4, -0.2) is 45.6 Å². The molecular formula is C24H29N5O2. The van der Waals surface area contributed by atoms with Crippen molar-refractivity contribution < 1.29 is 9.59 Å². The van der Waals surface area contributed by atoms with Crippen LogP contribution in [0.15, 0.2) is 24.3 Å². The van der Waals surface area contributed by atoms with E-state index in [0.29, 0.717) is 36.7 Å². The normalized spacial score (nSPS) is 18.3. The molecule has 2 amide bonds. The molecule has 1 saturated heterocycles. The number of nitriles is 1. The highest BCUT2D eigenvalue weighted by Crippen LogP contribution is 2.46. The lowest BCUT2D eigenvalue weighted by Crippen LogP contribution is -2.39. The van der Waals surface area contributed by atoms with E-state index >= 15 is 0 Å². The van der Waals surface area contributed by atoms with Crippen molar-refractivity contribution in [1.82, 2.24) is 20.0 Å². The maximum absolute atomic E-state index is 13.5. The summed E-state index contributed by atoms with van der Waals surface area (Å²) in [6.07, 6.45) is 3.36. The Bertz CT molecular complexity index is 1030. The van der Waals surface area contributed by atoms with Gasteiger partial charge in [-0.3, -0.25) is 14.3 Å². The molecule has 1 N–H and O–H groups in total. The zero-order valence-corrected chi connectivity index (χ0v) is 18.4. The van der Waals surface area contributed by atoms with Crippen LogP contribution in [0.2, 0.25) is 0 Å². The minimum absolute atomic E-state index is 0.0344. The number of rotatable bonds is 6. The lowest BCUT2D eigenvalue weighted by atomic mass is 10.0. The number of aromatic nitrogens is 2. The molecule has 0 bridgehead atoms. The molecule has 2 aromatic rings. The van der Waals surface area contributed by atoms with Crippen LogP contribution in [0.4, 0.5) is 0 Å². The fraction of sp³-hybridized carbons (Fsp3) is 0.500. The van der Waals surface area contributed by atoms with E-state index in [2.05, 4.69) is 11.4 Å². The average Bonchev–Trinajstić information content (AvgIpc) is 3.36. The Hall–Kier alpha value is -3.14. The molecule has 1 saturated carbocycles. The van der Waals surface area contributed by atoms with Crippen LogP contribution in [0, 0.1) is 11.3 Å². The number of carbonyl (C=O) groups excluding carboxylic acids is 2. The highest BCUT2D eigenvalue weighted by Gasteiger charge is 2.37. The van der Waals surface area contributed by atoms with Crippen molar-refractivity contribution in [2.45, 2.75) is 64.5 Å². The van der Waals surface area contributed by atoms with E-state index in [4.69, 9.17) is 10.4 Å². The van der Waals surface area contributed by atoms with E-state index in [1.807, 2.05) is 42.5 Å². The van der Waals surface area contributed by atoms with Gasteiger partial charge in [-0.05, 0) is 51.2 Å². The Labute approximate surface area is 183 Å². The molecule has 0 unspecified atom stereocenters. The van der Waals surface area contributed by atoms with Crippen molar-refractivity contribution in [2.24, 2.45) is 0 Å². The van der Waals surface area contributed by atoms with Crippen molar-refractivity contribution in [2.75, 3.05) is 13.1 Å². The van der Waals surface area contributed by atoms with E-state index in [-0.39, 0.29) is 23.9 Å². The maximum Gasteiger partial charge on any atom is 0.270 e. The number of hydrogen-bond acceptors (Lipinski definition) is 4. The summed E-state index contributed by atoms with van der Waals surface area (Å²) >= 11 is 0. The molecule has 1 aliphatic heterocycles. The van der Waals surface area contributed by atoms with Crippen LogP contribution in [0.3, 0.4) is 0 Å². The van der Waals surface area contributed by atoms with E-state index in [1.54, 1.807) is 12.1 Å². The predicted octanol–water partition coefficient (Wildman–Crippen LogP) is 3.62. The maximum atomic E-state index is 13.5. The van der Waals surface area contributed by atoms with Crippen molar-refractivity contribution in [3.05, 3.63) is 41.1 Å². The summed E-state index contributed by atoms with van der Waals surface area (Å²) in [5.74, 6) is 0.352. The summed E-state index contributed by atoms with van der Waals surface area (Å²) in [7, 11) is 0. The Morgan fingerprint density at radius 3 is 2.52 bits per heavy atom. The van der Waals surface area contributed by atoms with Crippen molar-refractivity contribution in [3.8, 4) is 17.3 Å². The highest BCUT2D eigenvalue weighted by molar-refractivity contribution is 5.96. The fourth-order valence-electron chi connectivity index (χ4n) is 4.30. The van der Waals surface area contributed by atoms with Gasteiger partial charge in [-0.25, -0.2) is 0 Å². The van der Waals surface area contributed by atoms with E-state index in [1.165, 1.54) is 0 Å². The van der Waals surface area contributed by atoms with Crippen molar-refractivity contribution >= 4 is 11.8 Å². The third-order valence-electron chi connectivity index (χ3n) is 6.10. The second-order valence-corrected chi connectivity index (χ2v) is 8.77. The predicted molar refractivity (Wildman–Crippen MR) is 117 cm³/mol. The van der Waals surface area contributed by atoms with Gasteiger partial charge in [0.25, 0.3) is 5.91 Å². The number of benzene rings is 1. The van der Waals surface area contributed by atoms with E-state index < -0.39 is 0 Å². The molecule has 2 heterocycles. The lowest BCUT2D eigenvalue weighted by molar-refractivity contribution is -0.129. The molecule has 7 heteroatoms. The summed E-state index contributed by atoms with van der Waals surface area (Å²) in [6, 6.07) is 9.54. The first-order valence-electron chi connectivity index (χ1n) is 11.1. The number of nitrogens with one attached hydrogen (secondary N) is 1. The molecule has 31 heavy (non-hydrogen) atoms. The molecule has 0 spiro atoms. The topological polar surface area (TPSA) is 91.0 Å². The molecule has 1 aromatic carbocycles. The SMILES string of the molecule is CCC(=O)N1CC[C@H](NC(=O)c2c(C3CC3)c(-c3ccc(C#N)cc3)nn2C(C)C)C1. The smallest absolute Gasteiger partial charge is 0.270 e. The second-order valence-electron chi connectivity index (χ2n) is 8.77. The largest absolute Gasteiger partial charge is 0.346 e. The number of amides is 2. The van der Waals surface area contributed by atoms with Gasteiger partial charge >= 0.3 is 0 Å². The van der Waals surface area contributed by atoms with Crippen LogP contribution in [0.1, 0.15) is 80.0 Å². The molecule has 7 nitrogen and oxygen atoms in total. The first-order valence-corrected chi connectivity index (χ1v) is 11.1. The monoisotopic (exact) mass is 419 g/mol. The first kappa shape index (κ1) is 21.1. The Morgan fingerprint density at radius 1 is 1.23 bits per heavy atom. The molecule has 1 aromatic heterocycles. The van der Waals surface area contributed by atoms with Crippen molar-refractivity contribution in [3.63, 3.8) is 0 Å². The summed E-state index contributed by atoms with van der Waals surface area (Å²) in [6.45, 7) is 7.17. The molecule has 162 valence electrons. The van der Waals surface area contributed by atoms with Gasteiger partial charge in [0.15, 0.2) is 0 Å². The molecular weight excluding hydrogens is 390 g/mol. The molecule has 0 radical (unpaired) electrons. The Balaban J connectivity index is 1.66. The number of nitrogens with zero attached hydrogens (tertiary/aromatic N) is 4. The molecule has 4 rings (SSSR count). The molecule has 2 fully saturated rings. The first-order chi connectivity index (χ1) is 14.9. The van der Waals surface area contributed by atoms with Gasteiger partial charge in [-0.1, -0.05) is 19.1 Å². The summed E-state index contributed by atoms with van der Waals surface area (Å²) in [4.78, 5) is 27.3. The standard InChI is InChI=1S/C24H29N5O2/c1-4-20(30)28-12-11-19(14-28)26-24(31)23-21(17-9-10-17)22(27-29(23)15(2)3)18-7-5-16(13-25)6-8-18/h5-8,15,17,19H,4,9-12,14H2,1-3H3,(H,26,31)/t19-/m0/s1. The zero-order chi connectivity index (χ0) is 22.1. The third kappa shape index (κ3) is 4.20. The number of hydrogen-bond donors (Lipinski definition) is 1. The summed E-state index contributed by atoms with van der Waals surface area (Å²) in [5.41, 5.74) is 4.01. The van der Waals surface area contributed by atoms with Gasteiger partial charge in [0.2, 0.25) is 5.91 Å². The third-order valence-corrected chi connectivity index (χ3v) is 6.10. The van der Waals surface area contributed by atoms with Gasteiger partial charge in [0.1, 0.15) is 5.69 Å². The minimum atomic E-state index is -0.112. The van der Waals surface area contributed by atoms with Gasteiger partial charge in [-0.15, -0.1) is 0 Å². The van der Waals surface area contributed by atoms with Crippen LogP contribution in [0.25, 0.3) is 11.3 Å². The Kier molecular flexibility index (Phi) is 5.81. The quantitative estimate of drug-likeness (QED) is 0.774. The second kappa shape index (κ2) is 8.54. The molecule has 1 aliphatic carbocycles. The van der Waals surface area contributed by atoms with Crippen molar-refractivity contribution in [1.29, 1.82) is 5.26 Å². The van der Waals surface area contributed by atoms with Gasteiger partial charge in [0.05, 0.1) is 17.3 Å². The number of carbonyl (C=O) groups is 2. The van der Waals surface area contributed by atoms with Gasteiger partial charge < -0.3 is 10.2 Å².